The van der Waals surface area contributed by atoms with Gasteiger partial charge in [-0.15, -0.1) is 0 Å². The number of Topliss-reactive ketones (excluding diaryl/α,β-unsaturated/α-hetero) is 1. The van der Waals surface area contributed by atoms with E-state index in [9.17, 15) is 4.79 Å². The number of pyridine rings is 2. The minimum atomic E-state index is 0.154. The van der Waals surface area contributed by atoms with Crippen LogP contribution in [0.15, 0.2) is 73.2 Å². The van der Waals surface area contributed by atoms with Crippen LogP contribution in [0.1, 0.15) is 54.8 Å². The highest BCUT2D eigenvalue weighted by atomic mass is 16.5. The Kier molecular flexibility index (Phi) is 7.27. The van der Waals surface area contributed by atoms with Crippen LogP contribution in [-0.4, -0.2) is 34.8 Å². The summed E-state index contributed by atoms with van der Waals surface area (Å²) in [6, 6.07) is 18.1. The molecule has 0 N–H and O–H groups in total. The zero-order chi connectivity index (χ0) is 24.0. The molecule has 1 aromatic carbocycles. The number of ether oxygens (including phenoxy) is 1. The first kappa shape index (κ1) is 23.3. The Morgan fingerprint density at radius 2 is 1.83 bits per heavy atom. The summed E-state index contributed by atoms with van der Waals surface area (Å²) < 4.78 is 7.62. The Labute approximate surface area is 208 Å². The summed E-state index contributed by atoms with van der Waals surface area (Å²) in [5.41, 5.74) is 5.43. The van der Waals surface area contributed by atoms with Crippen LogP contribution in [0.25, 0.3) is 5.52 Å². The van der Waals surface area contributed by atoms with Crippen molar-refractivity contribution >= 4 is 24.6 Å². The largest absolute Gasteiger partial charge is 0.486 e. The van der Waals surface area contributed by atoms with Crippen molar-refractivity contribution < 1.29 is 9.53 Å². The fraction of sp³-hybridized carbons (Fsp3) is 0.345. The fourth-order valence-electron chi connectivity index (χ4n) is 5.19. The smallest absolute Gasteiger partial charge is 0.170 e. The van der Waals surface area contributed by atoms with Gasteiger partial charge < -0.3 is 4.74 Å². The zero-order valence-electron chi connectivity index (χ0n) is 20.0. The van der Waals surface area contributed by atoms with Gasteiger partial charge in [-0.2, -0.15) is 5.10 Å². The van der Waals surface area contributed by atoms with E-state index in [2.05, 4.69) is 28.3 Å². The highest BCUT2D eigenvalue weighted by Gasteiger charge is 2.25. The number of nitrogens with zero attached hydrogens (tertiary/aromatic N) is 3. The average molecular weight is 463 g/mol. The standard InChI is InChI=1S/C29H30BN3O2/c30-28-19-32-33-25(13-10-22-5-4-14-31-18-22)16-24(17-29(28)33)23-11-8-21(9-12-23)15-26(34)20-35-27-6-2-1-3-7-27/h1-7,14,16-19,21,23H,8-13,15,20H2. The van der Waals surface area contributed by atoms with Gasteiger partial charge in [-0.3, -0.25) is 9.78 Å². The predicted octanol–water partition coefficient (Wildman–Crippen LogP) is 4.62. The number of aromatic nitrogens is 3. The van der Waals surface area contributed by atoms with Crippen molar-refractivity contribution in [1.29, 1.82) is 0 Å². The maximum atomic E-state index is 12.5. The highest BCUT2D eigenvalue weighted by molar-refractivity contribution is 6.36. The first-order valence-corrected chi connectivity index (χ1v) is 12.5. The van der Waals surface area contributed by atoms with Crippen LogP contribution in [0.4, 0.5) is 0 Å². The lowest BCUT2D eigenvalue weighted by Gasteiger charge is -2.29. The Balaban J connectivity index is 1.20. The second kappa shape index (κ2) is 10.9. The van der Waals surface area contributed by atoms with Gasteiger partial charge in [0, 0.05) is 30.7 Å². The number of hydrogen-bond acceptors (Lipinski definition) is 4. The number of hydrogen-bond donors (Lipinski definition) is 0. The molecule has 35 heavy (non-hydrogen) atoms. The fourth-order valence-corrected chi connectivity index (χ4v) is 5.19. The molecule has 2 radical (unpaired) electrons. The molecule has 0 saturated heterocycles. The molecule has 4 aromatic rings. The molecule has 176 valence electrons. The van der Waals surface area contributed by atoms with Crippen molar-refractivity contribution in [3.8, 4) is 5.75 Å². The number of ketones is 1. The van der Waals surface area contributed by atoms with Crippen LogP contribution >= 0.6 is 0 Å². The normalized spacial score (nSPS) is 17.9. The number of para-hydroxylation sites is 1. The van der Waals surface area contributed by atoms with Crippen LogP contribution in [0.5, 0.6) is 5.75 Å². The second-order valence-electron chi connectivity index (χ2n) is 9.60. The van der Waals surface area contributed by atoms with E-state index >= 15 is 0 Å². The van der Waals surface area contributed by atoms with Gasteiger partial charge in [0.15, 0.2) is 5.78 Å². The summed E-state index contributed by atoms with van der Waals surface area (Å²) >= 11 is 0. The van der Waals surface area contributed by atoms with Crippen LogP contribution in [0.2, 0.25) is 0 Å². The molecule has 5 nitrogen and oxygen atoms in total. The number of aryl methyl sites for hydroxylation is 2. The molecule has 0 atom stereocenters. The molecule has 0 unspecified atom stereocenters. The van der Waals surface area contributed by atoms with E-state index in [0.717, 1.165) is 49.8 Å². The molecule has 3 aromatic heterocycles. The lowest BCUT2D eigenvalue weighted by Crippen LogP contribution is -2.20. The molecular formula is C29H30BN3O2. The summed E-state index contributed by atoms with van der Waals surface area (Å²) in [6.07, 6.45) is 12.2. The Morgan fingerprint density at radius 3 is 2.60 bits per heavy atom. The Hall–Kier alpha value is -3.41. The van der Waals surface area contributed by atoms with E-state index in [1.165, 1.54) is 16.8 Å². The van der Waals surface area contributed by atoms with Crippen molar-refractivity contribution in [2.24, 2.45) is 5.92 Å². The number of carbonyl (C=O) groups excluding carboxylic acids is 1. The molecule has 0 bridgehead atoms. The quantitative estimate of drug-likeness (QED) is 0.340. The SMILES string of the molecule is [B]c1cnn2c(CCc3cccnc3)cc(C3CCC(CC(=O)COc4ccccc4)CC3)cc12. The predicted molar refractivity (Wildman–Crippen MR) is 138 cm³/mol. The second-order valence-corrected chi connectivity index (χ2v) is 9.60. The van der Waals surface area contributed by atoms with Gasteiger partial charge in [0.2, 0.25) is 0 Å². The maximum Gasteiger partial charge on any atom is 0.170 e. The lowest BCUT2D eigenvalue weighted by molar-refractivity contribution is -0.122. The van der Waals surface area contributed by atoms with E-state index < -0.39 is 0 Å². The van der Waals surface area contributed by atoms with Gasteiger partial charge in [0.1, 0.15) is 20.2 Å². The van der Waals surface area contributed by atoms with E-state index in [1.54, 1.807) is 12.4 Å². The van der Waals surface area contributed by atoms with Crippen molar-refractivity contribution in [2.45, 2.75) is 50.9 Å². The third kappa shape index (κ3) is 5.81. The monoisotopic (exact) mass is 463 g/mol. The van der Waals surface area contributed by atoms with E-state index in [1.807, 2.05) is 47.1 Å². The van der Waals surface area contributed by atoms with Crippen molar-refractivity contribution in [1.82, 2.24) is 14.6 Å². The third-order valence-corrected chi connectivity index (χ3v) is 7.12. The molecule has 0 spiro atoms. The summed E-state index contributed by atoms with van der Waals surface area (Å²) in [5.74, 6) is 1.85. The molecule has 5 rings (SSSR count). The van der Waals surface area contributed by atoms with Crippen molar-refractivity contribution in [2.75, 3.05) is 6.61 Å². The van der Waals surface area contributed by atoms with Crippen LogP contribution < -0.4 is 10.2 Å². The number of rotatable bonds is 9. The molecule has 1 fully saturated rings. The van der Waals surface area contributed by atoms with Gasteiger partial charge in [0.05, 0.1) is 5.52 Å². The molecule has 0 amide bonds. The molecule has 1 saturated carbocycles. The molecule has 0 aliphatic heterocycles. The van der Waals surface area contributed by atoms with Gasteiger partial charge in [-0.25, -0.2) is 4.52 Å². The molecule has 6 heteroatoms. The van der Waals surface area contributed by atoms with Crippen molar-refractivity contribution in [3.05, 3.63) is 90.0 Å². The summed E-state index contributed by atoms with van der Waals surface area (Å²) in [4.78, 5) is 16.7. The number of carbonyl (C=O) groups is 1. The Bertz CT molecular complexity index is 1270. The van der Waals surface area contributed by atoms with E-state index in [0.29, 0.717) is 23.7 Å². The third-order valence-electron chi connectivity index (χ3n) is 7.12. The molecule has 1 aliphatic rings. The van der Waals surface area contributed by atoms with E-state index in [4.69, 9.17) is 12.6 Å². The van der Waals surface area contributed by atoms with Crippen molar-refractivity contribution in [3.63, 3.8) is 0 Å². The van der Waals surface area contributed by atoms with E-state index in [-0.39, 0.29) is 12.4 Å². The number of fused-ring (bicyclic) bond motifs is 1. The van der Waals surface area contributed by atoms with Gasteiger partial charge in [-0.05, 0) is 91.8 Å². The van der Waals surface area contributed by atoms with Gasteiger partial charge in [-0.1, -0.05) is 29.7 Å². The summed E-state index contributed by atoms with van der Waals surface area (Å²) in [5, 5.41) is 4.53. The first-order chi connectivity index (χ1) is 17.2. The lowest BCUT2D eigenvalue weighted by atomic mass is 9.77. The molecule has 1 aliphatic carbocycles. The highest BCUT2D eigenvalue weighted by Crippen LogP contribution is 2.38. The molecule has 3 heterocycles. The average Bonchev–Trinajstić information content (AvgIpc) is 3.28. The first-order valence-electron chi connectivity index (χ1n) is 12.5. The topological polar surface area (TPSA) is 56.5 Å². The van der Waals surface area contributed by atoms with Gasteiger partial charge in [0.25, 0.3) is 0 Å². The van der Waals surface area contributed by atoms with Crippen LogP contribution in [0, 0.1) is 5.92 Å². The van der Waals surface area contributed by atoms with Gasteiger partial charge >= 0.3 is 0 Å². The summed E-state index contributed by atoms with van der Waals surface area (Å²) in [6.45, 7) is 0.154. The minimum Gasteiger partial charge on any atom is -0.486 e. The summed E-state index contributed by atoms with van der Waals surface area (Å²) in [7, 11) is 6.26. The molecular weight excluding hydrogens is 433 g/mol. The minimum absolute atomic E-state index is 0.154. The number of benzene rings is 1. The Morgan fingerprint density at radius 1 is 1.00 bits per heavy atom. The van der Waals surface area contributed by atoms with Crippen LogP contribution in [-0.2, 0) is 17.6 Å². The maximum absolute atomic E-state index is 12.5. The zero-order valence-corrected chi connectivity index (χ0v) is 20.0. The van der Waals surface area contributed by atoms with Crippen LogP contribution in [0.3, 0.4) is 0 Å².